The third kappa shape index (κ3) is 3.82. The number of anilines is 1. The van der Waals surface area contributed by atoms with Crippen LogP contribution in [-0.4, -0.2) is 23.7 Å². The van der Waals surface area contributed by atoms with Crippen molar-refractivity contribution in [1.82, 2.24) is 0 Å². The standard InChI is InChI=1S/C12H12F3NOS2/c13-12(14,15)19-10-3-1-9(2-4-10)16-6-8(7-18)5-11(16)17/h1-4,8,18H,5-7H2. The number of hydrogen-bond donors (Lipinski definition) is 1. The Hall–Kier alpha value is -0.820. The minimum absolute atomic E-state index is 0.00438. The maximum absolute atomic E-state index is 12.2. The molecule has 0 bridgehead atoms. The lowest BCUT2D eigenvalue weighted by molar-refractivity contribution is -0.117. The molecule has 1 unspecified atom stereocenters. The molecule has 0 radical (unpaired) electrons. The number of hydrogen-bond acceptors (Lipinski definition) is 3. The van der Waals surface area contributed by atoms with Crippen molar-refractivity contribution in [3.8, 4) is 0 Å². The predicted molar refractivity (Wildman–Crippen MR) is 72.7 cm³/mol. The summed E-state index contributed by atoms with van der Waals surface area (Å²) in [6.07, 6.45) is 0.447. The van der Waals surface area contributed by atoms with Crippen LogP contribution >= 0.6 is 24.4 Å². The fourth-order valence-corrected chi connectivity index (χ4v) is 2.77. The summed E-state index contributed by atoms with van der Waals surface area (Å²) in [4.78, 5) is 13.5. The van der Waals surface area contributed by atoms with E-state index < -0.39 is 5.51 Å². The summed E-state index contributed by atoms with van der Waals surface area (Å²) in [5.41, 5.74) is -3.65. The zero-order valence-electron chi connectivity index (χ0n) is 9.85. The van der Waals surface area contributed by atoms with Crippen LogP contribution in [0.15, 0.2) is 29.2 Å². The largest absolute Gasteiger partial charge is 0.446 e. The Morgan fingerprint density at radius 3 is 2.42 bits per heavy atom. The van der Waals surface area contributed by atoms with Gasteiger partial charge in [0.2, 0.25) is 5.91 Å². The summed E-state index contributed by atoms with van der Waals surface area (Å²) in [5, 5.41) is 0. The minimum Gasteiger partial charge on any atom is -0.312 e. The Balaban J connectivity index is 2.08. The molecule has 19 heavy (non-hydrogen) atoms. The summed E-state index contributed by atoms with van der Waals surface area (Å²) in [7, 11) is 0. The van der Waals surface area contributed by atoms with Crippen molar-refractivity contribution in [3.63, 3.8) is 0 Å². The molecule has 1 amide bonds. The van der Waals surface area contributed by atoms with Crippen molar-refractivity contribution in [2.45, 2.75) is 16.8 Å². The van der Waals surface area contributed by atoms with E-state index in [0.717, 1.165) is 0 Å². The van der Waals surface area contributed by atoms with Gasteiger partial charge in [-0.1, -0.05) is 0 Å². The van der Waals surface area contributed by atoms with Crippen molar-refractivity contribution in [3.05, 3.63) is 24.3 Å². The molecule has 1 fully saturated rings. The second-order valence-corrected chi connectivity index (χ2v) is 5.80. The van der Waals surface area contributed by atoms with Gasteiger partial charge in [0, 0.05) is 23.5 Å². The molecular weight excluding hydrogens is 295 g/mol. The van der Waals surface area contributed by atoms with Crippen LogP contribution in [-0.2, 0) is 4.79 Å². The van der Waals surface area contributed by atoms with Gasteiger partial charge in [0.05, 0.1) is 0 Å². The number of thiol groups is 1. The molecule has 1 aliphatic rings. The number of benzene rings is 1. The first-order valence-electron chi connectivity index (χ1n) is 5.66. The van der Waals surface area contributed by atoms with Gasteiger partial charge in [-0.15, -0.1) is 0 Å². The summed E-state index contributed by atoms with van der Waals surface area (Å²) >= 11 is 4.01. The summed E-state index contributed by atoms with van der Waals surface area (Å²) < 4.78 is 36.6. The molecular formula is C12H12F3NOS2. The highest BCUT2D eigenvalue weighted by molar-refractivity contribution is 8.00. The van der Waals surface area contributed by atoms with E-state index in [1.807, 2.05) is 0 Å². The van der Waals surface area contributed by atoms with Gasteiger partial charge in [-0.25, -0.2) is 0 Å². The third-order valence-electron chi connectivity index (χ3n) is 2.85. The van der Waals surface area contributed by atoms with E-state index in [2.05, 4.69) is 12.6 Å². The number of thioether (sulfide) groups is 1. The zero-order valence-corrected chi connectivity index (χ0v) is 11.6. The smallest absolute Gasteiger partial charge is 0.312 e. The van der Waals surface area contributed by atoms with Crippen LogP contribution < -0.4 is 4.90 Å². The van der Waals surface area contributed by atoms with Gasteiger partial charge in [0.15, 0.2) is 0 Å². The molecule has 0 saturated carbocycles. The number of carbonyl (C=O) groups excluding carboxylic acids is 1. The van der Waals surface area contributed by atoms with Gasteiger partial charge in [0.1, 0.15) is 0 Å². The first-order chi connectivity index (χ1) is 8.89. The van der Waals surface area contributed by atoms with Crippen LogP contribution in [0.2, 0.25) is 0 Å². The van der Waals surface area contributed by atoms with Crippen LogP contribution in [0.4, 0.5) is 18.9 Å². The minimum atomic E-state index is -4.29. The lowest BCUT2D eigenvalue weighted by Crippen LogP contribution is -2.24. The zero-order chi connectivity index (χ0) is 14.0. The molecule has 2 nitrogen and oxygen atoms in total. The summed E-state index contributed by atoms with van der Waals surface area (Å²) in [6.45, 7) is 0.577. The van der Waals surface area contributed by atoms with Gasteiger partial charge < -0.3 is 4.90 Å². The van der Waals surface area contributed by atoms with Crippen LogP contribution in [0.25, 0.3) is 0 Å². The van der Waals surface area contributed by atoms with Gasteiger partial charge in [0.25, 0.3) is 0 Å². The van der Waals surface area contributed by atoms with Gasteiger partial charge in [-0.05, 0) is 47.7 Å². The van der Waals surface area contributed by atoms with Crippen molar-refractivity contribution >= 4 is 36.0 Å². The Bertz CT molecular complexity index is 461. The molecule has 7 heteroatoms. The van der Waals surface area contributed by atoms with Crippen LogP contribution in [0.5, 0.6) is 0 Å². The highest BCUT2D eigenvalue weighted by Crippen LogP contribution is 2.37. The number of amides is 1. The van der Waals surface area contributed by atoms with Crippen LogP contribution in [0.1, 0.15) is 6.42 Å². The molecule has 0 aromatic heterocycles. The molecule has 1 aliphatic heterocycles. The third-order valence-corrected chi connectivity index (χ3v) is 4.10. The van der Waals surface area contributed by atoms with E-state index in [9.17, 15) is 18.0 Å². The van der Waals surface area contributed by atoms with Crippen molar-refractivity contribution < 1.29 is 18.0 Å². The number of carbonyl (C=O) groups is 1. The first kappa shape index (κ1) is 14.6. The Morgan fingerprint density at radius 1 is 1.32 bits per heavy atom. The van der Waals surface area contributed by atoms with Gasteiger partial charge >= 0.3 is 5.51 Å². The maximum Gasteiger partial charge on any atom is 0.446 e. The normalized spacial score (nSPS) is 20.1. The molecule has 2 rings (SSSR count). The van der Waals surface area contributed by atoms with Gasteiger partial charge in [-0.3, -0.25) is 4.79 Å². The van der Waals surface area contributed by atoms with E-state index in [1.165, 1.54) is 12.1 Å². The van der Waals surface area contributed by atoms with Gasteiger partial charge in [-0.2, -0.15) is 25.8 Å². The van der Waals surface area contributed by atoms with Crippen molar-refractivity contribution in [1.29, 1.82) is 0 Å². The van der Waals surface area contributed by atoms with E-state index in [4.69, 9.17) is 0 Å². The predicted octanol–water partition coefficient (Wildman–Crippen LogP) is 3.58. The number of rotatable bonds is 3. The molecule has 1 saturated heterocycles. The number of halogens is 3. The Kier molecular flexibility index (Phi) is 4.35. The maximum atomic E-state index is 12.2. The highest BCUT2D eigenvalue weighted by Gasteiger charge is 2.31. The quantitative estimate of drug-likeness (QED) is 0.680. The molecule has 1 aromatic rings. The molecule has 0 spiro atoms. The van der Waals surface area contributed by atoms with E-state index in [0.29, 0.717) is 24.4 Å². The Labute approximate surface area is 118 Å². The second kappa shape index (κ2) is 5.66. The average Bonchev–Trinajstić information content (AvgIpc) is 2.70. The molecule has 1 heterocycles. The van der Waals surface area contributed by atoms with E-state index >= 15 is 0 Å². The first-order valence-corrected chi connectivity index (χ1v) is 7.11. The summed E-state index contributed by atoms with van der Waals surface area (Å²) in [6, 6.07) is 5.86. The molecule has 1 atom stereocenters. The number of nitrogens with zero attached hydrogens (tertiary/aromatic N) is 1. The molecule has 1 aromatic carbocycles. The molecule has 104 valence electrons. The summed E-state index contributed by atoms with van der Waals surface area (Å²) in [5.74, 6) is 0.833. The highest BCUT2D eigenvalue weighted by atomic mass is 32.2. The van der Waals surface area contributed by atoms with Crippen molar-refractivity contribution in [2.75, 3.05) is 17.2 Å². The second-order valence-electron chi connectivity index (χ2n) is 4.30. The monoisotopic (exact) mass is 307 g/mol. The van der Waals surface area contributed by atoms with E-state index in [-0.39, 0.29) is 28.5 Å². The Morgan fingerprint density at radius 2 is 1.95 bits per heavy atom. The lowest BCUT2D eigenvalue weighted by atomic mass is 10.1. The van der Waals surface area contributed by atoms with E-state index in [1.54, 1.807) is 17.0 Å². The molecule has 0 aliphatic carbocycles. The fourth-order valence-electron chi connectivity index (χ4n) is 1.98. The van der Waals surface area contributed by atoms with Crippen LogP contribution in [0.3, 0.4) is 0 Å². The fraction of sp³-hybridized carbons (Fsp3) is 0.417. The van der Waals surface area contributed by atoms with Crippen molar-refractivity contribution in [2.24, 2.45) is 5.92 Å². The topological polar surface area (TPSA) is 20.3 Å². The average molecular weight is 307 g/mol. The van der Waals surface area contributed by atoms with Crippen LogP contribution in [0, 0.1) is 5.92 Å². The lowest BCUT2D eigenvalue weighted by Gasteiger charge is -2.17. The SMILES string of the molecule is O=C1CC(CS)CN1c1ccc(SC(F)(F)F)cc1. The number of alkyl halides is 3. The molecule has 0 N–H and O–H groups in total.